The second-order valence-corrected chi connectivity index (χ2v) is 5.35. The van der Waals surface area contributed by atoms with Crippen LogP contribution in [0.3, 0.4) is 0 Å². The number of carbonyl (C=O) groups is 3. The first-order chi connectivity index (χ1) is 10.8. The molecule has 0 aromatic heterocycles. The predicted molar refractivity (Wildman–Crippen MR) is 86.3 cm³/mol. The lowest BCUT2D eigenvalue weighted by Crippen LogP contribution is -2.45. The first-order valence-corrected chi connectivity index (χ1v) is 8.04. The first-order valence-electron chi connectivity index (χ1n) is 8.04. The van der Waals surface area contributed by atoms with Crippen LogP contribution >= 0.6 is 0 Å². The molecule has 1 aliphatic rings. The van der Waals surface area contributed by atoms with Crippen LogP contribution in [0.15, 0.2) is 0 Å². The molecule has 1 atom stereocenters. The highest BCUT2D eigenvalue weighted by atomic mass is 16.4. The molecule has 1 aliphatic heterocycles. The Balaban J connectivity index is 0.000000688. The molecule has 1 rings (SSSR count). The lowest BCUT2D eigenvalue weighted by atomic mass is 10.3. The van der Waals surface area contributed by atoms with Gasteiger partial charge in [0, 0.05) is 26.2 Å². The standard InChI is InChI=1S/C13H27N3O.C2H2O4/c1-4-15(5-2)11-8-14-12(3)13(17)16-9-6-7-10-16;3-1(4)2(5)6/h12,14H,4-11H2,1-3H3;(H,3,4)(H,5,6). The lowest BCUT2D eigenvalue weighted by Gasteiger charge is -2.23. The molecule has 1 fully saturated rings. The van der Waals surface area contributed by atoms with Crippen molar-refractivity contribution < 1.29 is 24.6 Å². The number of hydrogen-bond acceptors (Lipinski definition) is 5. The Morgan fingerprint density at radius 3 is 1.96 bits per heavy atom. The molecule has 23 heavy (non-hydrogen) atoms. The van der Waals surface area contributed by atoms with Gasteiger partial charge in [-0.2, -0.15) is 0 Å². The fourth-order valence-corrected chi connectivity index (χ4v) is 2.28. The van der Waals surface area contributed by atoms with E-state index >= 15 is 0 Å². The number of nitrogens with one attached hydrogen (secondary N) is 1. The number of hydrogen-bond donors (Lipinski definition) is 3. The highest BCUT2D eigenvalue weighted by Crippen LogP contribution is 2.08. The maximum absolute atomic E-state index is 12.0. The topological polar surface area (TPSA) is 110 Å². The maximum atomic E-state index is 12.0. The third-order valence-corrected chi connectivity index (χ3v) is 3.74. The van der Waals surface area contributed by atoms with Gasteiger partial charge in [-0.3, -0.25) is 4.79 Å². The summed E-state index contributed by atoms with van der Waals surface area (Å²) < 4.78 is 0. The minimum absolute atomic E-state index is 0.0383. The molecule has 1 heterocycles. The van der Waals surface area contributed by atoms with E-state index in [-0.39, 0.29) is 11.9 Å². The van der Waals surface area contributed by atoms with Crippen molar-refractivity contribution >= 4 is 17.8 Å². The molecule has 3 N–H and O–H groups in total. The number of aliphatic carboxylic acids is 2. The summed E-state index contributed by atoms with van der Waals surface area (Å²) in [5.74, 6) is -3.38. The number of carbonyl (C=O) groups excluding carboxylic acids is 1. The third kappa shape index (κ3) is 9.14. The van der Waals surface area contributed by atoms with Gasteiger partial charge in [-0.25, -0.2) is 9.59 Å². The fourth-order valence-electron chi connectivity index (χ4n) is 2.28. The van der Waals surface area contributed by atoms with Crippen molar-refractivity contribution in [3.63, 3.8) is 0 Å². The van der Waals surface area contributed by atoms with Gasteiger partial charge in [-0.1, -0.05) is 13.8 Å². The van der Waals surface area contributed by atoms with Crippen molar-refractivity contribution in [3.8, 4) is 0 Å². The molecule has 0 aromatic rings. The average Bonchev–Trinajstić information content (AvgIpc) is 3.05. The van der Waals surface area contributed by atoms with E-state index in [0.29, 0.717) is 0 Å². The number of amides is 1. The molecule has 8 heteroatoms. The van der Waals surface area contributed by atoms with Crippen LogP contribution in [-0.4, -0.2) is 83.2 Å². The van der Waals surface area contributed by atoms with E-state index in [2.05, 4.69) is 24.1 Å². The number of likely N-dealkylation sites (N-methyl/N-ethyl adjacent to an activating group) is 1. The molecule has 0 spiro atoms. The summed E-state index contributed by atoms with van der Waals surface area (Å²) in [6.45, 7) is 12.3. The van der Waals surface area contributed by atoms with Crippen LogP contribution in [0.25, 0.3) is 0 Å². The molecule has 1 amide bonds. The van der Waals surface area contributed by atoms with Gasteiger partial charge in [0.25, 0.3) is 0 Å². The van der Waals surface area contributed by atoms with Gasteiger partial charge >= 0.3 is 11.9 Å². The Hall–Kier alpha value is -1.67. The van der Waals surface area contributed by atoms with Gasteiger partial charge in [0.2, 0.25) is 5.91 Å². The lowest BCUT2D eigenvalue weighted by molar-refractivity contribution is -0.159. The van der Waals surface area contributed by atoms with Crippen molar-refractivity contribution in [2.45, 2.75) is 39.7 Å². The number of carboxylic acid groups (broad SMARTS) is 2. The van der Waals surface area contributed by atoms with Crippen LogP contribution in [0.5, 0.6) is 0 Å². The van der Waals surface area contributed by atoms with Gasteiger partial charge in [-0.15, -0.1) is 0 Å². The average molecular weight is 331 g/mol. The highest BCUT2D eigenvalue weighted by Gasteiger charge is 2.22. The molecule has 1 unspecified atom stereocenters. The van der Waals surface area contributed by atoms with Crippen molar-refractivity contribution in [2.75, 3.05) is 39.3 Å². The first kappa shape index (κ1) is 21.3. The molecule has 1 saturated heterocycles. The Morgan fingerprint density at radius 2 is 1.57 bits per heavy atom. The maximum Gasteiger partial charge on any atom is 0.414 e. The molecule has 0 aromatic carbocycles. The van der Waals surface area contributed by atoms with Crippen molar-refractivity contribution in [2.24, 2.45) is 0 Å². The summed E-state index contributed by atoms with van der Waals surface area (Å²) in [7, 11) is 0. The van der Waals surface area contributed by atoms with Crippen LogP contribution in [0.1, 0.15) is 33.6 Å². The minimum Gasteiger partial charge on any atom is -0.473 e. The van der Waals surface area contributed by atoms with Crippen LogP contribution < -0.4 is 5.32 Å². The van der Waals surface area contributed by atoms with Gasteiger partial charge in [0.05, 0.1) is 6.04 Å². The largest absolute Gasteiger partial charge is 0.473 e. The van der Waals surface area contributed by atoms with Crippen molar-refractivity contribution in [1.82, 2.24) is 15.1 Å². The third-order valence-electron chi connectivity index (χ3n) is 3.74. The Morgan fingerprint density at radius 1 is 1.09 bits per heavy atom. The van der Waals surface area contributed by atoms with E-state index in [1.54, 1.807) is 0 Å². The molecule has 0 aliphatic carbocycles. The van der Waals surface area contributed by atoms with Gasteiger partial charge < -0.3 is 25.3 Å². The monoisotopic (exact) mass is 331 g/mol. The summed E-state index contributed by atoms with van der Waals surface area (Å²) >= 11 is 0. The Kier molecular flexibility index (Phi) is 11.0. The second-order valence-electron chi connectivity index (χ2n) is 5.35. The Bertz CT molecular complexity index is 367. The van der Waals surface area contributed by atoms with E-state index in [1.807, 2.05) is 11.8 Å². The summed E-state index contributed by atoms with van der Waals surface area (Å²) in [5, 5.41) is 18.1. The van der Waals surface area contributed by atoms with E-state index in [9.17, 15) is 4.79 Å². The normalized spacial score (nSPS) is 15.0. The van der Waals surface area contributed by atoms with Gasteiger partial charge in [-0.05, 0) is 32.9 Å². The molecule has 0 radical (unpaired) electrons. The fraction of sp³-hybridized carbons (Fsp3) is 0.800. The second kappa shape index (κ2) is 11.8. The van der Waals surface area contributed by atoms with Crippen LogP contribution in [0.2, 0.25) is 0 Å². The van der Waals surface area contributed by atoms with E-state index in [0.717, 1.165) is 52.1 Å². The van der Waals surface area contributed by atoms with Crippen LogP contribution in [-0.2, 0) is 14.4 Å². The quantitative estimate of drug-likeness (QED) is 0.567. The van der Waals surface area contributed by atoms with E-state index < -0.39 is 11.9 Å². The molecule has 0 bridgehead atoms. The molecular weight excluding hydrogens is 302 g/mol. The summed E-state index contributed by atoms with van der Waals surface area (Å²) in [6, 6.07) is -0.0383. The highest BCUT2D eigenvalue weighted by molar-refractivity contribution is 6.27. The Labute approximate surface area is 137 Å². The zero-order valence-electron chi connectivity index (χ0n) is 14.2. The van der Waals surface area contributed by atoms with Crippen LogP contribution in [0.4, 0.5) is 0 Å². The number of rotatable bonds is 7. The molecule has 8 nitrogen and oxygen atoms in total. The number of carboxylic acids is 2. The summed E-state index contributed by atoms with van der Waals surface area (Å²) in [5.41, 5.74) is 0. The number of likely N-dealkylation sites (tertiary alicyclic amines) is 1. The van der Waals surface area contributed by atoms with E-state index in [4.69, 9.17) is 19.8 Å². The summed E-state index contributed by atoms with van der Waals surface area (Å²) in [4.78, 5) is 34.6. The molecule has 0 saturated carbocycles. The minimum atomic E-state index is -1.82. The van der Waals surface area contributed by atoms with Gasteiger partial charge in [0.1, 0.15) is 0 Å². The smallest absolute Gasteiger partial charge is 0.414 e. The van der Waals surface area contributed by atoms with E-state index in [1.165, 1.54) is 0 Å². The predicted octanol–water partition coefficient (Wildman–Crippen LogP) is 0.0843. The SMILES string of the molecule is CCN(CC)CCNC(C)C(=O)N1CCCC1.O=C(O)C(=O)O. The van der Waals surface area contributed by atoms with Gasteiger partial charge in [0.15, 0.2) is 0 Å². The zero-order chi connectivity index (χ0) is 17.8. The number of nitrogens with zero attached hydrogens (tertiary/aromatic N) is 2. The molecular formula is C15H29N3O5. The van der Waals surface area contributed by atoms with Crippen LogP contribution in [0, 0.1) is 0 Å². The summed E-state index contributed by atoms with van der Waals surface area (Å²) in [6.07, 6.45) is 2.33. The van der Waals surface area contributed by atoms with Crippen molar-refractivity contribution in [1.29, 1.82) is 0 Å². The molecule has 134 valence electrons. The van der Waals surface area contributed by atoms with Crippen molar-refractivity contribution in [3.05, 3.63) is 0 Å². The zero-order valence-corrected chi connectivity index (χ0v) is 14.2.